The number of nitrogens with one attached hydrogen (secondary N) is 3. The zero-order valence-corrected chi connectivity index (χ0v) is 27.1. The van der Waals surface area contributed by atoms with Crippen molar-refractivity contribution in [3.63, 3.8) is 0 Å². The summed E-state index contributed by atoms with van der Waals surface area (Å²) in [7, 11) is -3.26. The quantitative estimate of drug-likeness (QED) is 0.209. The molecule has 0 unspecified atom stereocenters. The minimum atomic E-state index is -3.26. The Morgan fingerprint density at radius 3 is 2.36 bits per heavy atom. The number of halogens is 1. The average Bonchev–Trinajstić information content (AvgIpc) is 3.91. The molecule has 2 atom stereocenters. The van der Waals surface area contributed by atoms with E-state index in [0.717, 1.165) is 19.3 Å². The van der Waals surface area contributed by atoms with Crippen molar-refractivity contribution in [3.8, 4) is 24.1 Å². The van der Waals surface area contributed by atoms with E-state index in [4.69, 9.17) is 0 Å². The lowest BCUT2D eigenvalue weighted by molar-refractivity contribution is -0.140. The van der Waals surface area contributed by atoms with E-state index in [2.05, 4.69) is 41.6 Å². The Morgan fingerprint density at radius 1 is 1.16 bits per heavy atom. The minimum absolute atomic E-state index is 0.0383. The Morgan fingerprint density at radius 2 is 1.82 bits per heavy atom. The van der Waals surface area contributed by atoms with Gasteiger partial charge >= 0.3 is 0 Å². The molecular formula is C31H42FN5O5S2. The molecule has 0 spiro atoms. The molecule has 2 aliphatic carbocycles. The molecule has 3 N–H and O–H groups in total. The number of amides is 3. The highest BCUT2D eigenvalue weighted by atomic mass is 32.2. The van der Waals surface area contributed by atoms with Crippen LogP contribution >= 0.6 is 11.3 Å². The number of hydrogen-bond acceptors (Lipinski definition) is 8. The van der Waals surface area contributed by atoms with Gasteiger partial charge in [-0.15, -0.1) is 37.3 Å². The summed E-state index contributed by atoms with van der Waals surface area (Å²) in [6, 6.07) is 5.64. The zero-order valence-electron chi connectivity index (χ0n) is 25.4. The second-order valence-corrected chi connectivity index (χ2v) is 14.3. The van der Waals surface area contributed by atoms with Gasteiger partial charge in [-0.25, -0.2) is 17.8 Å². The SMILES string of the molecule is C#C.C=C.CC(C)(C)[C@H](Nc1nc(-c2cccc(F)c2)cs1)C(=O)N1CCC[C@H]1C(=O)NC1CC1.O=CNS(=O)(=O)C1CC1. The third kappa shape index (κ3) is 10.4. The van der Waals surface area contributed by atoms with E-state index in [-0.39, 0.29) is 40.7 Å². The zero-order chi connectivity index (χ0) is 33.1. The molecule has 1 saturated heterocycles. The van der Waals surface area contributed by atoms with Crippen LogP contribution in [0, 0.1) is 24.1 Å². The summed E-state index contributed by atoms with van der Waals surface area (Å²) < 4.78 is 36.6. The lowest BCUT2D eigenvalue weighted by Gasteiger charge is -2.35. The van der Waals surface area contributed by atoms with Crippen LogP contribution < -0.4 is 15.4 Å². The van der Waals surface area contributed by atoms with Gasteiger partial charge in [0.15, 0.2) is 5.13 Å². The molecule has 1 aliphatic heterocycles. The Kier molecular flexibility index (Phi) is 13.5. The van der Waals surface area contributed by atoms with Crippen LogP contribution in [0.15, 0.2) is 42.8 Å². The fraction of sp³-hybridized carbons (Fsp3) is 0.484. The summed E-state index contributed by atoms with van der Waals surface area (Å²) in [6.45, 7) is 12.6. The van der Waals surface area contributed by atoms with Crippen LogP contribution in [0.5, 0.6) is 0 Å². The first-order valence-electron chi connectivity index (χ1n) is 14.3. The molecule has 0 bridgehead atoms. The van der Waals surface area contributed by atoms with Gasteiger partial charge in [-0.05, 0) is 56.1 Å². The fourth-order valence-corrected chi connectivity index (χ4v) is 6.26. The van der Waals surface area contributed by atoms with E-state index >= 15 is 0 Å². The second kappa shape index (κ2) is 16.4. The van der Waals surface area contributed by atoms with E-state index in [1.165, 1.54) is 23.5 Å². The fourth-order valence-electron chi connectivity index (χ4n) is 4.43. The number of aromatic nitrogens is 1. The van der Waals surface area contributed by atoms with Crippen molar-refractivity contribution in [2.24, 2.45) is 5.41 Å². The van der Waals surface area contributed by atoms with Gasteiger partial charge in [-0.3, -0.25) is 19.1 Å². The van der Waals surface area contributed by atoms with Gasteiger partial charge in [0.1, 0.15) is 17.9 Å². The van der Waals surface area contributed by atoms with Crippen LogP contribution in [0.25, 0.3) is 11.3 Å². The number of benzene rings is 1. The number of carbonyl (C=O) groups is 3. The van der Waals surface area contributed by atoms with Crippen LogP contribution in [0.2, 0.25) is 0 Å². The van der Waals surface area contributed by atoms with E-state index in [9.17, 15) is 27.2 Å². The third-order valence-corrected chi connectivity index (χ3v) is 9.49. The highest BCUT2D eigenvalue weighted by Crippen LogP contribution is 2.32. The smallest absolute Gasteiger partial charge is 0.246 e. The van der Waals surface area contributed by atoms with Crippen molar-refractivity contribution in [1.82, 2.24) is 19.9 Å². The van der Waals surface area contributed by atoms with Gasteiger partial charge < -0.3 is 15.5 Å². The van der Waals surface area contributed by atoms with Gasteiger partial charge in [0, 0.05) is 23.5 Å². The maximum absolute atomic E-state index is 13.6. The molecule has 2 aromatic rings. The van der Waals surface area contributed by atoms with Gasteiger partial charge in [0.2, 0.25) is 28.2 Å². The molecule has 3 aliphatic rings. The topological polar surface area (TPSA) is 138 Å². The lowest BCUT2D eigenvalue weighted by Crippen LogP contribution is -2.54. The summed E-state index contributed by atoms with van der Waals surface area (Å²) in [5.41, 5.74) is 0.969. The predicted octanol–water partition coefficient (Wildman–Crippen LogP) is 4.32. The summed E-state index contributed by atoms with van der Waals surface area (Å²) in [6.07, 6.45) is 13.1. The molecular weight excluding hydrogens is 606 g/mol. The molecule has 3 amide bonds. The number of sulfonamides is 1. The van der Waals surface area contributed by atoms with Crippen LogP contribution in [0.1, 0.15) is 59.3 Å². The van der Waals surface area contributed by atoms with E-state index in [1.807, 2.05) is 32.2 Å². The highest BCUT2D eigenvalue weighted by Gasteiger charge is 2.42. The van der Waals surface area contributed by atoms with Crippen LogP contribution in [0.4, 0.5) is 9.52 Å². The Hall–Kier alpha value is -3.76. The van der Waals surface area contributed by atoms with E-state index in [0.29, 0.717) is 42.2 Å². The number of terminal acetylenes is 1. The van der Waals surface area contributed by atoms with Gasteiger partial charge in [0.25, 0.3) is 0 Å². The first-order chi connectivity index (χ1) is 20.9. The predicted molar refractivity (Wildman–Crippen MR) is 173 cm³/mol. The van der Waals surface area contributed by atoms with Gasteiger partial charge in [0.05, 0.1) is 10.9 Å². The second-order valence-electron chi connectivity index (χ2n) is 11.4. The molecule has 2 saturated carbocycles. The molecule has 5 rings (SSSR count). The molecule has 240 valence electrons. The summed E-state index contributed by atoms with van der Waals surface area (Å²) in [4.78, 5) is 42.2. The largest absolute Gasteiger partial charge is 0.352 e. The van der Waals surface area contributed by atoms with Crippen LogP contribution in [-0.4, -0.2) is 66.4 Å². The van der Waals surface area contributed by atoms with Crippen molar-refractivity contribution in [2.45, 2.75) is 82.7 Å². The molecule has 10 nitrogen and oxygen atoms in total. The molecule has 0 radical (unpaired) electrons. The van der Waals surface area contributed by atoms with Crippen molar-refractivity contribution in [2.75, 3.05) is 11.9 Å². The number of likely N-dealkylation sites (tertiary alicyclic amines) is 1. The number of hydrogen-bond donors (Lipinski definition) is 3. The van der Waals surface area contributed by atoms with Crippen molar-refractivity contribution in [3.05, 3.63) is 48.6 Å². The molecule has 44 heavy (non-hydrogen) atoms. The first-order valence-corrected chi connectivity index (χ1v) is 16.7. The van der Waals surface area contributed by atoms with E-state index in [1.54, 1.807) is 15.7 Å². The highest BCUT2D eigenvalue weighted by molar-refractivity contribution is 7.90. The molecule has 1 aromatic carbocycles. The van der Waals surface area contributed by atoms with Crippen molar-refractivity contribution in [1.29, 1.82) is 0 Å². The monoisotopic (exact) mass is 647 g/mol. The Bertz CT molecular complexity index is 1400. The Labute approximate surface area is 264 Å². The number of nitrogens with zero attached hydrogens (tertiary/aromatic N) is 2. The molecule has 3 fully saturated rings. The minimum Gasteiger partial charge on any atom is -0.352 e. The summed E-state index contributed by atoms with van der Waals surface area (Å²) in [5.74, 6) is -0.431. The standard InChI is InChI=1S/C23H29FN4O2S.C4H7NO3S.C2H4.C2H2/c1-23(2,3)19(21(30)28-11-5-8-18(28)20(29)25-16-9-10-16)27-22-26-17(13-31-22)14-6-4-7-15(24)12-14;6-3-5-9(7,8)4-1-2-4;2*1-2/h4,6-7,12-13,16,18-19H,5,8-11H2,1-3H3,(H,25,29)(H,26,27);3-4H,1-2H2,(H,5,6);1-2H2;1-2H/t18-,19+;;;/m0.../s1. The number of thiazole rings is 1. The average molecular weight is 648 g/mol. The maximum Gasteiger partial charge on any atom is 0.246 e. The van der Waals surface area contributed by atoms with E-state index < -0.39 is 22.1 Å². The van der Waals surface area contributed by atoms with Crippen LogP contribution in [-0.2, 0) is 24.4 Å². The van der Waals surface area contributed by atoms with Crippen molar-refractivity contribution < 1.29 is 27.2 Å². The lowest BCUT2D eigenvalue weighted by atomic mass is 9.85. The van der Waals surface area contributed by atoms with Gasteiger partial charge in [-0.2, -0.15) is 0 Å². The summed E-state index contributed by atoms with van der Waals surface area (Å²) in [5, 5.41) is 8.49. The number of anilines is 1. The molecule has 1 aromatic heterocycles. The first kappa shape index (κ1) is 36.4. The normalized spacial score (nSPS) is 18.0. The summed E-state index contributed by atoms with van der Waals surface area (Å²) >= 11 is 1.38. The maximum atomic E-state index is 13.6. The number of carbonyl (C=O) groups excluding carboxylic acids is 3. The number of rotatable bonds is 9. The van der Waals surface area contributed by atoms with Crippen LogP contribution in [0.3, 0.4) is 0 Å². The van der Waals surface area contributed by atoms with Crippen molar-refractivity contribution >= 4 is 44.7 Å². The molecule has 2 heterocycles. The third-order valence-electron chi connectivity index (χ3n) is 6.94. The Balaban J connectivity index is 0.000000438. The van der Waals surface area contributed by atoms with Gasteiger partial charge in [-0.1, -0.05) is 32.9 Å². The molecule has 13 heteroatoms.